The topological polar surface area (TPSA) is 81.2 Å². The number of hydrogen-bond donors (Lipinski definition) is 1. The Morgan fingerprint density at radius 1 is 1.20 bits per heavy atom. The van der Waals surface area contributed by atoms with Crippen LogP contribution < -0.4 is 5.63 Å². The molecule has 0 aliphatic carbocycles. The maximum atomic E-state index is 13.7. The minimum atomic E-state index is -0.623. The zero-order valence-corrected chi connectivity index (χ0v) is 16.6. The number of hydrogen-bond acceptors (Lipinski definition) is 5. The van der Waals surface area contributed by atoms with Crippen molar-refractivity contribution < 1.29 is 13.9 Å². The van der Waals surface area contributed by atoms with E-state index in [9.17, 15) is 14.3 Å². The van der Waals surface area contributed by atoms with E-state index in [1.165, 1.54) is 18.2 Å². The average Bonchev–Trinajstić information content (AvgIpc) is 3.19. The van der Waals surface area contributed by atoms with Gasteiger partial charge in [0.05, 0.1) is 18.8 Å². The summed E-state index contributed by atoms with van der Waals surface area (Å²) in [7, 11) is 0. The van der Waals surface area contributed by atoms with Crippen LogP contribution in [-0.2, 0) is 6.54 Å². The van der Waals surface area contributed by atoms with E-state index in [0.29, 0.717) is 35.4 Å². The lowest BCUT2D eigenvalue weighted by Crippen LogP contribution is -2.02. The Morgan fingerprint density at radius 2 is 2.07 bits per heavy atom. The van der Waals surface area contributed by atoms with E-state index in [2.05, 4.69) is 17.2 Å². The summed E-state index contributed by atoms with van der Waals surface area (Å²) < 4.78 is 20.7. The van der Waals surface area contributed by atoms with Crippen LogP contribution in [0, 0.1) is 5.82 Å². The summed E-state index contributed by atoms with van der Waals surface area (Å²) in [6.45, 7) is 2.48. The highest BCUT2D eigenvalue weighted by Crippen LogP contribution is 2.28. The zero-order valence-electron chi connectivity index (χ0n) is 16.6. The summed E-state index contributed by atoms with van der Waals surface area (Å²) in [6, 6.07) is 13.0. The van der Waals surface area contributed by atoms with Crippen molar-refractivity contribution in [3.8, 4) is 11.1 Å². The van der Waals surface area contributed by atoms with Gasteiger partial charge in [0.1, 0.15) is 17.1 Å². The Balaban J connectivity index is 1.63. The summed E-state index contributed by atoms with van der Waals surface area (Å²) >= 11 is 0. The predicted molar refractivity (Wildman–Crippen MR) is 111 cm³/mol. The summed E-state index contributed by atoms with van der Waals surface area (Å²) in [5.41, 5.74) is 2.56. The van der Waals surface area contributed by atoms with Gasteiger partial charge >= 0.3 is 5.63 Å². The van der Waals surface area contributed by atoms with Gasteiger partial charge in [-0.3, -0.25) is 0 Å². The normalized spacial score (nSPS) is 12.4. The van der Waals surface area contributed by atoms with Crippen LogP contribution in [0.4, 0.5) is 4.39 Å². The smallest absolute Gasteiger partial charge is 0.336 e. The molecule has 2 aromatic carbocycles. The first-order valence-electron chi connectivity index (χ1n) is 9.94. The molecule has 4 aromatic rings. The van der Waals surface area contributed by atoms with Crippen LogP contribution in [-0.4, -0.2) is 20.1 Å². The van der Waals surface area contributed by atoms with Crippen molar-refractivity contribution in [2.45, 2.75) is 38.8 Å². The lowest BCUT2D eigenvalue weighted by atomic mass is 10.0. The third-order valence-corrected chi connectivity index (χ3v) is 5.02. The molecular formula is C23H22FN3O3. The third kappa shape index (κ3) is 4.31. The van der Waals surface area contributed by atoms with Crippen molar-refractivity contribution in [1.29, 1.82) is 0 Å². The molecule has 0 saturated carbocycles. The molecule has 0 aliphatic heterocycles. The molecule has 0 fully saturated rings. The first-order valence-corrected chi connectivity index (χ1v) is 9.94. The third-order valence-electron chi connectivity index (χ3n) is 5.02. The van der Waals surface area contributed by atoms with E-state index in [1.807, 2.05) is 12.1 Å². The fourth-order valence-electron chi connectivity index (χ4n) is 3.48. The molecule has 0 amide bonds. The second kappa shape index (κ2) is 8.59. The van der Waals surface area contributed by atoms with Crippen molar-refractivity contribution in [2.75, 3.05) is 0 Å². The molecule has 4 rings (SSSR count). The molecule has 0 aliphatic rings. The molecule has 1 N–H and O–H groups in total. The summed E-state index contributed by atoms with van der Waals surface area (Å²) in [4.78, 5) is 12.1. The van der Waals surface area contributed by atoms with E-state index in [4.69, 9.17) is 4.42 Å². The Bertz CT molecular complexity index is 1230. The monoisotopic (exact) mass is 407 g/mol. The van der Waals surface area contributed by atoms with Crippen LogP contribution in [0.2, 0.25) is 0 Å². The molecule has 2 aromatic heterocycles. The highest BCUT2D eigenvalue weighted by molar-refractivity contribution is 5.93. The molecule has 7 heteroatoms. The Labute approximate surface area is 172 Å². The molecule has 0 bridgehead atoms. The van der Waals surface area contributed by atoms with E-state index in [1.54, 1.807) is 29.1 Å². The maximum Gasteiger partial charge on any atom is 0.336 e. The number of unbranched alkanes of at least 4 members (excludes halogenated alkanes) is 1. The van der Waals surface area contributed by atoms with Gasteiger partial charge in [0.25, 0.3) is 0 Å². The summed E-state index contributed by atoms with van der Waals surface area (Å²) in [5, 5.41) is 19.0. The van der Waals surface area contributed by atoms with Crippen molar-refractivity contribution in [1.82, 2.24) is 15.0 Å². The second-order valence-electron chi connectivity index (χ2n) is 7.32. The van der Waals surface area contributed by atoms with Crippen LogP contribution in [0.15, 0.2) is 63.9 Å². The van der Waals surface area contributed by atoms with Gasteiger partial charge < -0.3 is 9.52 Å². The Morgan fingerprint density at radius 3 is 2.87 bits per heavy atom. The quantitative estimate of drug-likeness (QED) is 0.458. The lowest BCUT2D eigenvalue weighted by Gasteiger charge is -2.08. The van der Waals surface area contributed by atoms with Gasteiger partial charge in [0.2, 0.25) is 0 Å². The van der Waals surface area contributed by atoms with Gasteiger partial charge in [0.15, 0.2) is 0 Å². The number of aliphatic hydroxyl groups excluding tert-OH is 1. The molecule has 0 spiro atoms. The maximum absolute atomic E-state index is 13.7. The van der Waals surface area contributed by atoms with Gasteiger partial charge in [-0.15, -0.1) is 5.10 Å². The number of aliphatic hydroxyl groups is 1. The molecule has 2 heterocycles. The SMILES string of the molecule is CCCCC(O)c1cn(Cc2ccc3c(-c4cccc(F)c4)cc(=O)oc3c2)nn1. The number of benzene rings is 2. The predicted octanol–water partition coefficient (Wildman–Crippen LogP) is 4.46. The van der Waals surface area contributed by atoms with Crippen LogP contribution in [0.25, 0.3) is 22.1 Å². The molecule has 0 radical (unpaired) electrons. The van der Waals surface area contributed by atoms with Gasteiger partial charge in [-0.1, -0.05) is 49.2 Å². The molecule has 30 heavy (non-hydrogen) atoms. The molecule has 154 valence electrons. The molecular weight excluding hydrogens is 385 g/mol. The minimum Gasteiger partial charge on any atom is -0.423 e. The van der Waals surface area contributed by atoms with Gasteiger partial charge in [-0.2, -0.15) is 0 Å². The highest BCUT2D eigenvalue weighted by atomic mass is 19.1. The standard InChI is InChI=1S/C23H22FN3O3/c1-2-3-7-21(28)20-14-27(26-25-20)13-15-8-9-18-19(12-23(29)30-22(18)10-15)16-5-4-6-17(24)11-16/h4-6,8-12,14,21,28H,2-3,7,13H2,1H3. The largest absolute Gasteiger partial charge is 0.423 e. The first-order chi connectivity index (χ1) is 14.5. The van der Waals surface area contributed by atoms with Crippen molar-refractivity contribution in [3.63, 3.8) is 0 Å². The van der Waals surface area contributed by atoms with E-state index in [-0.39, 0.29) is 5.82 Å². The van der Waals surface area contributed by atoms with Crippen molar-refractivity contribution in [3.05, 3.63) is 82.2 Å². The van der Waals surface area contributed by atoms with Crippen LogP contribution in [0.3, 0.4) is 0 Å². The van der Waals surface area contributed by atoms with Gasteiger partial charge in [0, 0.05) is 11.5 Å². The van der Waals surface area contributed by atoms with Crippen LogP contribution >= 0.6 is 0 Å². The van der Waals surface area contributed by atoms with Crippen molar-refractivity contribution >= 4 is 11.0 Å². The number of rotatable bonds is 7. The van der Waals surface area contributed by atoms with Crippen LogP contribution in [0.5, 0.6) is 0 Å². The fraction of sp³-hybridized carbons (Fsp3) is 0.261. The van der Waals surface area contributed by atoms with E-state index < -0.39 is 11.7 Å². The highest BCUT2D eigenvalue weighted by Gasteiger charge is 2.13. The minimum absolute atomic E-state index is 0.367. The summed E-state index contributed by atoms with van der Waals surface area (Å²) in [6.07, 6.45) is 3.68. The van der Waals surface area contributed by atoms with Gasteiger partial charge in [-0.25, -0.2) is 13.9 Å². The lowest BCUT2D eigenvalue weighted by molar-refractivity contribution is 0.159. The molecule has 6 nitrogen and oxygen atoms in total. The second-order valence-corrected chi connectivity index (χ2v) is 7.32. The van der Waals surface area contributed by atoms with Gasteiger partial charge in [-0.05, 0) is 41.3 Å². The summed E-state index contributed by atoms with van der Waals surface area (Å²) in [5.74, 6) is -0.367. The number of fused-ring (bicyclic) bond motifs is 1. The first kappa shape index (κ1) is 20.0. The number of nitrogens with zero attached hydrogens (tertiary/aromatic N) is 3. The molecule has 1 atom stereocenters. The molecule has 0 saturated heterocycles. The molecule has 1 unspecified atom stereocenters. The van der Waals surface area contributed by atoms with E-state index in [0.717, 1.165) is 23.8 Å². The van der Waals surface area contributed by atoms with E-state index >= 15 is 0 Å². The number of halogens is 1. The fourth-order valence-corrected chi connectivity index (χ4v) is 3.48. The van der Waals surface area contributed by atoms with Crippen molar-refractivity contribution in [2.24, 2.45) is 0 Å². The average molecular weight is 407 g/mol. The number of aromatic nitrogens is 3. The zero-order chi connectivity index (χ0) is 21.1. The Kier molecular flexibility index (Phi) is 5.72. The Hall–Kier alpha value is -3.32. The van der Waals surface area contributed by atoms with Crippen LogP contribution in [0.1, 0.15) is 43.5 Å².